The Hall–Kier alpha value is -5.16. The first kappa shape index (κ1) is 26.9. The van der Waals surface area contributed by atoms with Crippen LogP contribution in [0.2, 0.25) is 0 Å². The molecule has 2 aromatic carbocycles. The number of ether oxygens (including phenoxy) is 2. The van der Waals surface area contributed by atoms with Gasteiger partial charge in [0.2, 0.25) is 0 Å². The molecule has 2 N–H and O–H groups in total. The number of methoxy groups -OCH3 is 1. The monoisotopic (exact) mass is 529 g/mol. The van der Waals surface area contributed by atoms with E-state index in [0.717, 1.165) is 29.7 Å². The van der Waals surface area contributed by atoms with Crippen LogP contribution in [0.15, 0.2) is 69.3 Å². The molecule has 0 bridgehead atoms. The van der Waals surface area contributed by atoms with Crippen molar-refractivity contribution in [3.63, 3.8) is 0 Å². The molecule has 0 fully saturated rings. The number of amides is 1. The Morgan fingerprint density at radius 3 is 2.79 bits per heavy atom. The van der Waals surface area contributed by atoms with E-state index in [4.69, 9.17) is 19.7 Å². The molecule has 0 aliphatic carbocycles. The van der Waals surface area contributed by atoms with E-state index in [0.29, 0.717) is 36.2 Å². The van der Waals surface area contributed by atoms with Gasteiger partial charge in [-0.15, -0.1) is 10.2 Å². The molecule has 2 heterocycles. The van der Waals surface area contributed by atoms with Gasteiger partial charge in [-0.05, 0) is 55.7 Å². The second-order valence-corrected chi connectivity index (χ2v) is 8.07. The van der Waals surface area contributed by atoms with E-state index >= 15 is 0 Å². The Labute approximate surface area is 224 Å². The summed E-state index contributed by atoms with van der Waals surface area (Å²) in [5, 5.41) is 31.5. The van der Waals surface area contributed by atoms with Crippen molar-refractivity contribution in [2.45, 2.75) is 19.8 Å². The van der Waals surface area contributed by atoms with Crippen LogP contribution in [-0.2, 0) is 9.63 Å². The molecule has 0 spiro atoms. The summed E-state index contributed by atoms with van der Waals surface area (Å²) < 4.78 is 11.0. The molecule has 0 saturated heterocycles. The van der Waals surface area contributed by atoms with Crippen LogP contribution in [0.1, 0.15) is 36.7 Å². The van der Waals surface area contributed by atoms with E-state index in [1.807, 2.05) is 25.1 Å². The fourth-order valence-electron chi connectivity index (χ4n) is 3.60. The number of aromatic amines is 1. The molecular weight excluding hydrogens is 502 g/mol. The maximum atomic E-state index is 12.7. The lowest BCUT2D eigenvalue weighted by molar-refractivity contribution is -0.136. The van der Waals surface area contributed by atoms with Crippen LogP contribution in [0.5, 0.6) is 11.5 Å². The minimum absolute atomic E-state index is 0.126. The van der Waals surface area contributed by atoms with Crippen molar-refractivity contribution >= 4 is 35.1 Å². The van der Waals surface area contributed by atoms with E-state index in [-0.39, 0.29) is 18.2 Å². The second-order valence-electron chi connectivity index (χ2n) is 8.07. The highest BCUT2D eigenvalue weighted by Gasteiger charge is 2.20. The number of benzene rings is 2. The Bertz CT molecular complexity index is 1410. The summed E-state index contributed by atoms with van der Waals surface area (Å²) in [6.07, 6.45) is 4.32. The fourth-order valence-corrected chi connectivity index (χ4v) is 3.60. The van der Waals surface area contributed by atoms with Crippen LogP contribution >= 0.6 is 0 Å². The third kappa shape index (κ3) is 7.21. The third-order valence-corrected chi connectivity index (χ3v) is 5.49. The molecule has 1 aromatic heterocycles. The highest BCUT2D eigenvalue weighted by Crippen LogP contribution is 2.29. The topological polar surface area (TPSA) is 163 Å². The van der Waals surface area contributed by atoms with Crippen LogP contribution < -0.4 is 9.47 Å². The molecule has 0 atom stereocenters. The number of oxime groups is 1. The second kappa shape index (κ2) is 13.4. The van der Waals surface area contributed by atoms with Gasteiger partial charge in [-0.2, -0.15) is 10.2 Å². The highest BCUT2D eigenvalue weighted by atomic mass is 16.6. The summed E-state index contributed by atoms with van der Waals surface area (Å²) in [4.78, 5) is 21.8. The number of nitrogens with zero attached hydrogens (tertiary/aromatic N) is 7. The minimum Gasteiger partial charge on any atom is -0.493 e. The molecule has 1 amide bonds. The van der Waals surface area contributed by atoms with E-state index in [2.05, 4.69) is 41.5 Å². The zero-order valence-corrected chi connectivity index (χ0v) is 21.5. The molecule has 0 unspecified atom stereocenters. The summed E-state index contributed by atoms with van der Waals surface area (Å²) in [6.45, 7) is 2.68. The normalized spacial score (nSPS) is 13.3. The Morgan fingerprint density at radius 1 is 1.23 bits per heavy atom. The Kier molecular flexibility index (Phi) is 9.24. The maximum Gasteiger partial charge on any atom is 0.283 e. The minimum atomic E-state index is -0.291. The molecule has 4 rings (SSSR count). The molecule has 1 aliphatic heterocycles. The van der Waals surface area contributed by atoms with Crippen LogP contribution in [0, 0.1) is 5.41 Å². The largest absolute Gasteiger partial charge is 0.493 e. The van der Waals surface area contributed by atoms with Crippen LogP contribution in [0.3, 0.4) is 0 Å². The zero-order valence-electron chi connectivity index (χ0n) is 21.5. The molecule has 13 heteroatoms. The van der Waals surface area contributed by atoms with Gasteiger partial charge in [0.1, 0.15) is 6.33 Å². The maximum absolute atomic E-state index is 12.7. The first-order chi connectivity index (χ1) is 19.1. The first-order valence-electron chi connectivity index (χ1n) is 12.1. The average Bonchev–Trinajstić information content (AvgIpc) is 3.51. The van der Waals surface area contributed by atoms with Gasteiger partial charge < -0.3 is 14.3 Å². The highest BCUT2D eigenvalue weighted by molar-refractivity contribution is 6.02. The lowest BCUT2D eigenvalue weighted by atomic mass is 10.0. The number of azo groups is 1. The molecule has 0 radical (unpaired) electrons. The zero-order chi connectivity index (χ0) is 27.5. The van der Waals surface area contributed by atoms with Gasteiger partial charge in [0.25, 0.3) is 5.91 Å². The number of H-pyrrole nitrogens is 1. The molecule has 13 nitrogen and oxygen atoms in total. The van der Waals surface area contributed by atoms with Gasteiger partial charge in [0.15, 0.2) is 29.6 Å². The van der Waals surface area contributed by atoms with Crippen LogP contribution in [0.25, 0.3) is 5.70 Å². The summed E-state index contributed by atoms with van der Waals surface area (Å²) in [5.41, 5.74) is 3.09. The predicted molar refractivity (Wildman–Crippen MR) is 144 cm³/mol. The standard InChI is InChI=1S/C26H27N9O4/c1-3-38-24-13-19(8-11-23(24)37-2)21-5-4-12-35(34-21)25(36)16-39-30-15-18-6-9-20(10-7-18)31-32-22(14-27)26-28-17-29-33-26/h6-11,13,15,17,27H,3-5,12,16H2,1-2H3,(H,28,29,33)/b30-15+,32-31?. The van der Waals surface area contributed by atoms with Crippen molar-refractivity contribution in [3.05, 3.63) is 65.7 Å². The van der Waals surface area contributed by atoms with Crippen molar-refractivity contribution < 1.29 is 19.1 Å². The van der Waals surface area contributed by atoms with E-state index in [9.17, 15) is 4.79 Å². The number of aromatic nitrogens is 3. The van der Waals surface area contributed by atoms with Crippen molar-refractivity contribution in [2.24, 2.45) is 20.5 Å². The van der Waals surface area contributed by atoms with Gasteiger partial charge in [-0.1, -0.05) is 17.3 Å². The molecule has 1 aliphatic rings. The van der Waals surface area contributed by atoms with Crippen LogP contribution in [-0.4, -0.2) is 70.8 Å². The number of carbonyl (C=O) groups excluding carboxylic acids is 1. The molecule has 200 valence electrons. The summed E-state index contributed by atoms with van der Waals surface area (Å²) >= 11 is 0. The SMILES string of the molecule is CCOc1cc(C2=NN(C(=O)CO/N=C/c3ccc(N=NC(=C=N)c4ncn[nH]4)cc3)CCC2)ccc1OC. The molecule has 39 heavy (non-hydrogen) atoms. The van der Waals surface area contributed by atoms with E-state index < -0.39 is 0 Å². The Morgan fingerprint density at radius 2 is 2.08 bits per heavy atom. The third-order valence-electron chi connectivity index (χ3n) is 5.49. The van der Waals surface area contributed by atoms with Crippen molar-refractivity contribution in [2.75, 3.05) is 26.9 Å². The number of hydrogen-bond acceptors (Lipinski definition) is 11. The molecule has 0 saturated carbocycles. The summed E-state index contributed by atoms with van der Waals surface area (Å²) in [7, 11) is 1.59. The average molecular weight is 530 g/mol. The predicted octanol–water partition coefficient (Wildman–Crippen LogP) is 3.96. The lowest BCUT2D eigenvalue weighted by Gasteiger charge is -2.23. The van der Waals surface area contributed by atoms with Gasteiger partial charge >= 0.3 is 0 Å². The number of hydrogen-bond donors (Lipinski definition) is 2. The fraction of sp³-hybridized carbons (Fsp3) is 0.269. The van der Waals surface area contributed by atoms with Crippen molar-refractivity contribution in [3.8, 4) is 11.5 Å². The first-order valence-corrected chi connectivity index (χ1v) is 12.1. The van der Waals surface area contributed by atoms with Gasteiger partial charge in [0.05, 0.1) is 31.3 Å². The van der Waals surface area contributed by atoms with Gasteiger partial charge in [0, 0.05) is 18.0 Å². The van der Waals surface area contributed by atoms with E-state index in [1.165, 1.54) is 17.6 Å². The van der Waals surface area contributed by atoms with Crippen LogP contribution in [0.4, 0.5) is 5.69 Å². The summed E-state index contributed by atoms with van der Waals surface area (Å²) in [6, 6.07) is 12.6. The van der Waals surface area contributed by atoms with Gasteiger partial charge in [-0.25, -0.2) is 9.99 Å². The molecule has 3 aromatic rings. The smallest absolute Gasteiger partial charge is 0.283 e. The van der Waals surface area contributed by atoms with Gasteiger partial charge in [-0.3, -0.25) is 15.3 Å². The van der Waals surface area contributed by atoms with Crippen molar-refractivity contribution in [1.29, 1.82) is 5.41 Å². The number of rotatable bonds is 11. The number of nitrogens with one attached hydrogen (secondary N) is 2. The molecular formula is C26H27N9O4. The van der Waals surface area contributed by atoms with E-state index in [1.54, 1.807) is 31.4 Å². The lowest BCUT2D eigenvalue weighted by Crippen LogP contribution is -2.34. The number of hydrazone groups is 1. The number of carbonyl (C=O) groups is 1. The summed E-state index contributed by atoms with van der Waals surface area (Å²) in [5.74, 6) is 3.45. The Balaban J connectivity index is 1.30. The quantitative estimate of drug-likeness (QED) is 0.217. The van der Waals surface area contributed by atoms with Crippen molar-refractivity contribution in [1.82, 2.24) is 20.2 Å².